The summed E-state index contributed by atoms with van der Waals surface area (Å²) in [4.78, 5) is 15.0. The molecule has 0 spiro atoms. The second-order valence-electron chi connectivity index (χ2n) is 7.07. The number of allylic oxidation sites excluding steroid dienone is 1. The Balaban J connectivity index is 1.92. The van der Waals surface area contributed by atoms with E-state index in [1.165, 1.54) is 5.56 Å². The minimum absolute atomic E-state index is 0.124. The number of benzene rings is 2. The van der Waals surface area contributed by atoms with E-state index in [1.807, 2.05) is 13.0 Å². The van der Waals surface area contributed by atoms with Crippen molar-refractivity contribution >= 4 is 22.9 Å². The molecule has 6 heteroatoms. The normalized spacial score (nSPS) is 14.5. The Kier molecular flexibility index (Phi) is 6.44. The topological polar surface area (TPSA) is 62.8 Å². The zero-order valence-corrected chi connectivity index (χ0v) is 17.8. The van der Waals surface area contributed by atoms with Crippen LogP contribution in [0.5, 0.6) is 11.5 Å². The molecule has 2 N–H and O–H groups in total. The summed E-state index contributed by atoms with van der Waals surface area (Å²) >= 11 is 0. The molecule has 29 heavy (non-hydrogen) atoms. The lowest BCUT2D eigenvalue weighted by Crippen LogP contribution is -2.16. The second-order valence-corrected chi connectivity index (χ2v) is 7.07. The summed E-state index contributed by atoms with van der Waals surface area (Å²) in [5.41, 5.74) is 5.27. The van der Waals surface area contributed by atoms with Crippen LogP contribution in [0.4, 0.5) is 11.4 Å². The minimum atomic E-state index is -0.124. The number of amides is 1. The van der Waals surface area contributed by atoms with Crippen LogP contribution in [0.1, 0.15) is 31.4 Å². The fourth-order valence-corrected chi connectivity index (χ4v) is 3.41. The molecule has 2 aromatic carbocycles. The van der Waals surface area contributed by atoms with Gasteiger partial charge < -0.3 is 25.0 Å². The Morgan fingerprint density at radius 1 is 1.07 bits per heavy atom. The largest absolute Gasteiger partial charge is 0.493 e. The zero-order valence-electron chi connectivity index (χ0n) is 17.8. The van der Waals surface area contributed by atoms with Crippen molar-refractivity contribution in [3.8, 4) is 11.5 Å². The SMILES string of the molecule is CCC(Nc1ccc(CN(C)CC)cc1)=C1C(=O)Nc2cc(OC)c(OC)cc21. The molecule has 0 aliphatic carbocycles. The lowest BCUT2D eigenvalue weighted by Gasteiger charge is -2.16. The first-order chi connectivity index (χ1) is 14.0. The van der Waals surface area contributed by atoms with Gasteiger partial charge in [-0.05, 0) is 43.8 Å². The van der Waals surface area contributed by atoms with Gasteiger partial charge in [-0.2, -0.15) is 0 Å². The molecular formula is C23H29N3O3. The molecule has 0 atom stereocenters. The van der Waals surface area contributed by atoms with Crippen molar-refractivity contribution in [2.45, 2.75) is 26.8 Å². The molecule has 1 aliphatic rings. The van der Waals surface area contributed by atoms with Gasteiger partial charge >= 0.3 is 0 Å². The van der Waals surface area contributed by atoms with Gasteiger partial charge in [-0.15, -0.1) is 0 Å². The first kappa shape index (κ1) is 20.7. The molecule has 0 saturated heterocycles. The Labute approximate surface area is 172 Å². The fraction of sp³-hybridized carbons (Fsp3) is 0.348. The smallest absolute Gasteiger partial charge is 0.258 e. The van der Waals surface area contributed by atoms with Crippen LogP contribution in [-0.2, 0) is 11.3 Å². The fourth-order valence-electron chi connectivity index (χ4n) is 3.41. The summed E-state index contributed by atoms with van der Waals surface area (Å²) in [7, 11) is 5.28. The van der Waals surface area contributed by atoms with Crippen molar-refractivity contribution in [1.29, 1.82) is 0 Å². The summed E-state index contributed by atoms with van der Waals surface area (Å²) in [6.07, 6.45) is 0.691. The van der Waals surface area contributed by atoms with Gasteiger partial charge in [0.05, 0.1) is 25.5 Å². The van der Waals surface area contributed by atoms with Crippen molar-refractivity contribution in [3.63, 3.8) is 0 Å². The molecule has 0 unspecified atom stereocenters. The van der Waals surface area contributed by atoms with Gasteiger partial charge in [-0.3, -0.25) is 4.79 Å². The van der Waals surface area contributed by atoms with Crippen molar-refractivity contribution in [1.82, 2.24) is 4.90 Å². The Hall–Kier alpha value is -2.99. The van der Waals surface area contributed by atoms with E-state index >= 15 is 0 Å². The quantitative estimate of drug-likeness (QED) is 0.651. The van der Waals surface area contributed by atoms with Gasteiger partial charge in [-0.25, -0.2) is 0 Å². The third-order valence-corrected chi connectivity index (χ3v) is 5.17. The van der Waals surface area contributed by atoms with E-state index in [2.05, 4.69) is 53.8 Å². The number of carbonyl (C=O) groups excluding carboxylic acids is 1. The number of nitrogens with zero attached hydrogens (tertiary/aromatic N) is 1. The number of rotatable bonds is 8. The number of nitrogens with one attached hydrogen (secondary N) is 2. The molecule has 154 valence electrons. The standard InChI is InChI=1S/C23H29N3O3/c1-6-18(24-16-10-8-15(9-11-16)14-26(3)7-2)22-17-12-20(28-4)21(29-5)13-19(17)25-23(22)27/h8-13,24H,6-7,14H2,1-5H3,(H,25,27). The average molecular weight is 396 g/mol. The predicted octanol–water partition coefficient (Wildman–Crippen LogP) is 4.34. The van der Waals surface area contributed by atoms with Crippen molar-refractivity contribution in [2.75, 3.05) is 38.4 Å². The van der Waals surface area contributed by atoms with Crippen LogP contribution in [0, 0.1) is 0 Å². The molecule has 0 saturated carbocycles. The molecule has 0 bridgehead atoms. The lowest BCUT2D eigenvalue weighted by atomic mass is 10.0. The van der Waals surface area contributed by atoms with Crippen LogP contribution in [0.15, 0.2) is 42.1 Å². The Morgan fingerprint density at radius 3 is 2.31 bits per heavy atom. The number of hydrogen-bond donors (Lipinski definition) is 2. The van der Waals surface area contributed by atoms with Crippen molar-refractivity contribution in [3.05, 3.63) is 53.2 Å². The molecule has 1 heterocycles. The van der Waals surface area contributed by atoms with Crippen LogP contribution < -0.4 is 20.1 Å². The highest BCUT2D eigenvalue weighted by molar-refractivity contribution is 6.32. The molecular weight excluding hydrogens is 366 g/mol. The Morgan fingerprint density at radius 2 is 1.72 bits per heavy atom. The maximum absolute atomic E-state index is 12.7. The minimum Gasteiger partial charge on any atom is -0.493 e. The van der Waals surface area contributed by atoms with E-state index in [1.54, 1.807) is 20.3 Å². The molecule has 0 fully saturated rings. The average Bonchev–Trinajstić information content (AvgIpc) is 3.06. The van der Waals surface area contributed by atoms with Gasteiger partial charge in [0.15, 0.2) is 11.5 Å². The summed E-state index contributed by atoms with van der Waals surface area (Å²) in [6.45, 7) is 6.10. The van der Waals surface area contributed by atoms with Gasteiger partial charge in [0, 0.05) is 29.6 Å². The number of hydrogen-bond acceptors (Lipinski definition) is 5. The summed E-state index contributed by atoms with van der Waals surface area (Å²) < 4.78 is 10.8. The van der Waals surface area contributed by atoms with Crippen LogP contribution >= 0.6 is 0 Å². The third kappa shape index (κ3) is 4.38. The van der Waals surface area contributed by atoms with E-state index in [-0.39, 0.29) is 5.91 Å². The highest BCUT2D eigenvalue weighted by atomic mass is 16.5. The molecule has 0 radical (unpaired) electrons. The number of ether oxygens (including phenoxy) is 2. The van der Waals surface area contributed by atoms with Crippen molar-refractivity contribution in [2.24, 2.45) is 0 Å². The highest BCUT2D eigenvalue weighted by Crippen LogP contribution is 2.42. The Bertz CT molecular complexity index is 920. The van der Waals surface area contributed by atoms with E-state index in [0.29, 0.717) is 23.5 Å². The monoisotopic (exact) mass is 395 g/mol. The van der Waals surface area contributed by atoms with Crippen LogP contribution in [0.3, 0.4) is 0 Å². The first-order valence-electron chi connectivity index (χ1n) is 9.86. The number of carbonyl (C=O) groups is 1. The highest BCUT2D eigenvalue weighted by Gasteiger charge is 2.29. The van der Waals surface area contributed by atoms with Gasteiger partial charge in [0.25, 0.3) is 5.91 Å². The number of anilines is 2. The zero-order chi connectivity index (χ0) is 21.0. The van der Waals surface area contributed by atoms with Crippen molar-refractivity contribution < 1.29 is 14.3 Å². The molecule has 1 aliphatic heterocycles. The molecule has 0 aromatic heterocycles. The van der Waals surface area contributed by atoms with Crippen LogP contribution in [0.25, 0.3) is 5.57 Å². The molecule has 1 amide bonds. The number of methoxy groups -OCH3 is 2. The molecule has 6 nitrogen and oxygen atoms in total. The van der Waals surface area contributed by atoms with E-state index < -0.39 is 0 Å². The first-order valence-corrected chi connectivity index (χ1v) is 9.86. The second kappa shape index (κ2) is 9.01. The summed E-state index contributed by atoms with van der Waals surface area (Å²) in [5, 5.41) is 6.37. The summed E-state index contributed by atoms with van der Waals surface area (Å²) in [5.74, 6) is 1.06. The maximum atomic E-state index is 12.7. The van der Waals surface area contributed by atoms with Gasteiger partial charge in [-0.1, -0.05) is 26.0 Å². The third-order valence-electron chi connectivity index (χ3n) is 5.17. The maximum Gasteiger partial charge on any atom is 0.258 e. The van der Waals surface area contributed by atoms with Gasteiger partial charge in [0.2, 0.25) is 0 Å². The summed E-state index contributed by atoms with van der Waals surface area (Å²) in [6, 6.07) is 12.0. The van der Waals surface area contributed by atoms with Crippen LogP contribution in [-0.4, -0.2) is 38.6 Å². The van der Waals surface area contributed by atoms with Crippen LogP contribution in [0.2, 0.25) is 0 Å². The lowest BCUT2D eigenvalue weighted by molar-refractivity contribution is -0.110. The van der Waals surface area contributed by atoms with E-state index in [4.69, 9.17) is 9.47 Å². The van der Waals surface area contributed by atoms with E-state index in [0.717, 1.165) is 35.7 Å². The molecule has 2 aromatic rings. The number of fused-ring (bicyclic) bond motifs is 1. The van der Waals surface area contributed by atoms with E-state index in [9.17, 15) is 4.79 Å². The van der Waals surface area contributed by atoms with Gasteiger partial charge in [0.1, 0.15) is 0 Å². The molecule has 3 rings (SSSR count). The predicted molar refractivity (Wildman–Crippen MR) is 117 cm³/mol.